The van der Waals surface area contributed by atoms with Crippen LogP contribution in [0.1, 0.15) is 30.7 Å². The molecule has 0 bridgehead atoms. The first kappa shape index (κ1) is 13.1. The number of likely N-dealkylation sites (tertiary alicyclic amines) is 1. The predicted octanol–water partition coefficient (Wildman–Crippen LogP) is 2.88. The number of piperidine rings is 1. The fourth-order valence-electron chi connectivity index (χ4n) is 2.71. The Morgan fingerprint density at radius 3 is 2.94 bits per heavy atom. The molecule has 1 fully saturated rings. The van der Waals surface area contributed by atoms with Gasteiger partial charge in [-0.15, -0.1) is 11.3 Å². The Morgan fingerprint density at radius 1 is 1.53 bits per heavy atom. The zero-order valence-electron chi connectivity index (χ0n) is 11.2. The van der Waals surface area contributed by atoms with Crippen LogP contribution in [-0.4, -0.2) is 30.6 Å². The van der Waals surface area contributed by atoms with Crippen LogP contribution in [0.2, 0.25) is 0 Å². The molecule has 1 aromatic rings. The highest BCUT2D eigenvalue weighted by atomic mass is 32.1. The number of nitrogens with one attached hydrogen (secondary N) is 1. The fourth-order valence-corrected chi connectivity index (χ4v) is 3.66. The molecule has 1 aliphatic heterocycles. The van der Waals surface area contributed by atoms with Crippen molar-refractivity contribution in [3.05, 3.63) is 21.9 Å². The molecule has 2 nitrogen and oxygen atoms in total. The molecule has 2 unspecified atom stereocenters. The van der Waals surface area contributed by atoms with Gasteiger partial charge < -0.3 is 5.32 Å². The molecule has 0 amide bonds. The summed E-state index contributed by atoms with van der Waals surface area (Å²) in [6.07, 6.45) is 1.29. The lowest BCUT2D eigenvalue weighted by atomic mass is 9.94. The minimum absolute atomic E-state index is 0.723. The van der Waals surface area contributed by atoms with Crippen molar-refractivity contribution in [2.24, 2.45) is 5.92 Å². The molecule has 1 aromatic heterocycles. The van der Waals surface area contributed by atoms with Crippen molar-refractivity contribution in [3.8, 4) is 0 Å². The van der Waals surface area contributed by atoms with Gasteiger partial charge in [0, 0.05) is 30.6 Å². The van der Waals surface area contributed by atoms with Crippen LogP contribution >= 0.6 is 11.3 Å². The van der Waals surface area contributed by atoms with E-state index in [4.69, 9.17) is 0 Å². The van der Waals surface area contributed by atoms with Gasteiger partial charge >= 0.3 is 0 Å². The molecule has 2 rings (SSSR count). The largest absolute Gasteiger partial charge is 0.314 e. The molecule has 1 N–H and O–H groups in total. The lowest BCUT2D eigenvalue weighted by Gasteiger charge is -2.37. The molecule has 0 spiro atoms. The summed E-state index contributed by atoms with van der Waals surface area (Å²) in [6.45, 7) is 11.5. The van der Waals surface area contributed by atoms with Gasteiger partial charge in [-0.3, -0.25) is 4.90 Å². The second-order valence-corrected chi connectivity index (χ2v) is 6.19. The molecule has 0 saturated carbocycles. The normalized spacial score (nSPS) is 26.3. The molecule has 96 valence electrons. The number of hydrogen-bond acceptors (Lipinski definition) is 3. The van der Waals surface area contributed by atoms with Crippen molar-refractivity contribution in [2.45, 2.75) is 39.8 Å². The highest BCUT2D eigenvalue weighted by molar-refractivity contribution is 7.10. The molecular weight excluding hydrogens is 228 g/mol. The van der Waals surface area contributed by atoms with E-state index < -0.39 is 0 Å². The first-order valence-electron chi connectivity index (χ1n) is 6.69. The van der Waals surface area contributed by atoms with Gasteiger partial charge in [-0.1, -0.05) is 13.8 Å². The number of rotatable bonds is 4. The van der Waals surface area contributed by atoms with Gasteiger partial charge in [-0.25, -0.2) is 0 Å². The van der Waals surface area contributed by atoms with Crippen LogP contribution in [0.4, 0.5) is 0 Å². The first-order valence-corrected chi connectivity index (χ1v) is 7.57. The third kappa shape index (κ3) is 3.30. The summed E-state index contributed by atoms with van der Waals surface area (Å²) in [5.41, 5.74) is 1.46. The van der Waals surface area contributed by atoms with Gasteiger partial charge in [-0.05, 0) is 42.8 Å². The van der Waals surface area contributed by atoms with E-state index in [-0.39, 0.29) is 0 Å². The van der Waals surface area contributed by atoms with Crippen molar-refractivity contribution >= 4 is 11.3 Å². The average Bonchev–Trinajstić information content (AvgIpc) is 2.69. The highest BCUT2D eigenvalue weighted by Crippen LogP contribution is 2.22. The van der Waals surface area contributed by atoms with Gasteiger partial charge in [0.1, 0.15) is 0 Å². The second-order valence-electron chi connectivity index (χ2n) is 5.19. The highest BCUT2D eigenvalue weighted by Gasteiger charge is 2.25. The Labute approximate surface area is 109 Å². The van der Waals surface area contributed by atoms with Gasteiger partial charge in [0.2, 0.25) is 0 Å². The first-order chi connectivity index (χ1) is 8.20. The third-order valence-electron chi connectivity index (χ3n) is 3.79. The zero-order valence-corrected chi connectivity index (χ0v) is 12.0. The summed E-state index contributed by atoms with van der Waals surface area (Å²) in [5.74, 6) is 0.768. The van der Waals surface area contributed by atoms with Crippen LogP contribution in [0, 0.1) is 12.8 Å². The van der Waals surface area contributed by atoms with E-state index in [2.05, 4.69) is 42.4 Å². The van der Waals surface area contributed by atoms with Crippen LogP contribution in [0.15, 0.2) is 11.4 Å². The predicted molar refractivity (Wildman–Crippen MR) is 75.6 cm³/mol. The molecule has 0 aliphatic carbocycles. The zero-order chi connectivity index (χ0) is 12.3. The van der Waals surface area contributed by atoms with Crippen LogP contribution in [0.5, 0.6) is 0 Å². The molecular formula is C14H24N2S. The summed E-state index contributed by atoms with van der Waals surface area (Å²) < 4.78 is 0. The number of aryl methyl sites for hydroxylation is 1. The summed E-state index contributed by atoms with van der Waals surface area (Å²) in [7, 11) is 0. The number of hydrogen-bond donors (Lipinski definition) is 1. The van der Waals surface area contributed by atoms with E-state index >= 15 is 0 Å². The maximum absolute atomic E-state index is 3.60. The lowest BCUT2D eigenvalue weighted by Crippen LogP contribution is -2.47. The Hall–Kier alpha value is -0.380. The molecule has 2 heterocycles. The molecule has 0 aromatic carbocycles. The number of thiophene rings is 1. The summed E-state index contributed by atoms with van der Waals surface area (Å²) in [5, 5.41) is 5.81. The molecule has 1 aliphatic rings. The molecule has 17 heavy (non-hydrogen) atoms. The molecule has 0 radical (unpaired) electrons. The SMILES string of the molecule is CCNC1CCN(Cc2sccc2C)CC1C. The average molecular weight is 252 g/mol. The van der Waals surface area contributed by atoms with Gasteiger partial charge in [-0.2, -0.15) is 0 Å². The Bertz CT molecular complexity index is 348. The van der Waals surface area contributed by atoms with Gasteiger partial charge in [0.25, 0.3) is 0 Å². The summed E-state index contributed by atoms with van der Waals surface area (Å²) >= 11 is 1.90. The maximum atomic E-state index is 3.60. The minimum Gasteiger partial charge on any atom is -0.314 e. The summed E-state index contributed by atoms with van der Waals surface area (Å²) in [6, 6.07) is 2.95. The van der Waals surface area contributed by atoms with E-state index in [1.54, 1.807) is 4.88 Å². The van der Waals surface area contributed by atoms with Crippen molar-refractivity contribution in [3.63, 3.8) is 0 Å². The van der Waals surface area contributed by atoms with Crippen molar-refractivity contribution < 1.29 is 0 Å². The van der Waals surface area contributed by atoms with E-state index in [0.717, 1.165) is 25.0 Å². The maximum Gasteiger partial charge on any atom is 0.0330 e. The van der Waals surface area contributed by atoms with E-state index in [0.29, 0.717) is 0 Å². The van der Waals surface area contributed by atoms with Crippen LogP contribution < -0.4 is 5.32 Å². The van der Waals surface area contributed by atoms with E-state index in [1.807, 2.05) is 11.3 Å². The van der Waals surface area contributed by atoms with E-state index in [9.17, 15) is 0 Å². The Kier molecular flexibility index (Phi) is 4.60. The monoisotopic (exact) mass is 252 g/mol. The van der Waals surface area contributed by atoms with Crippen molar-refractivity contribution in [1.29, 1.82) is 0 Å². The standard InChI is InChI=1S/C14H24N2S/c1-4-15-13-5-7-16(9-12(13)3)10-14-11(2)6-8-17-14/h6,8,12-13,15H,4-5,7,9-10H2,1-3H3. The Balaban J connectivity index is 1.87. The molecule has 3 heteroatoms. The molecule has 1 saturated heterocycles. The fraction of sp³-hybridized carbons (Fsp3) is 0.714. The minimum atomic E-state index is 0.723. The van der Waals surface area contributed by atoms with Crippen molar-refractivity contribution in [2.75, 3.05) is 19.6 Å². The number of nitrogens with zero attached hydrogens (tertiary/aromatic N) is 1. The second kappa shape index (κ2) is 5.98. The van der Waals surface area contributed by atoms with Gasteiger partial charge in [0.15, 0.2) is 0 Å². The molecule has 2 atom stereocenters. The van der Waals surface area contributed by atoms with Crippen molar-refractivity contribution in [1.82, 2.24) is 10.2 Å². The van der Waals surface area contributed by atoms with E-state index in [1.165, 1.54) is 25.1 Å². The van der Waals surface area contributed by atoms with Crippen LogP contribution in [0.3, 0.4) is 0 Å². The Morgan fingerprint density at radius 2 is 2.35 bits per heavy atom. The quantitative estimate of drug-likeness (QED) is 0.886. The lowest BCUT2D eigenvalue weighted by molar-refractivity contribution is 0.143. The van der Waals surface area contributed by atoms with Crippen LogP contribution in [0.25, 0.3) is 0 Å². The summed E-state index contributed by atoms with van der Waals surface area (Å²) in [4.78, 5) is 4.15. The van der Waals surface area contributed by atoms with Gasteiger partial charge in [0.05, 0.1) is 0 Å². The third-order valence-corrected chi connectivity index (χ3v) is 4.80. The van der Waals surface area contributed by atoms with Crippen LogP contribution in [-0.2, 0) is 6.54 Å². The smallest absolute Gasteiger partial charge is 0.0330 e. The topological polar surface area (TPSA) is 15.3 Å².